The van der Waals surface area contributed by atoms with E-state index >= 15 is 0 Å². The van der Waals surface area contributed by atoms with Crippen LogP contribution in [0.4, 0.5) is 5.69 Å². The number of aliphatic hydroxyl groups is 1. The largest absolute Gasteiger partial charge is 0.492 e. The maximum Gasteiger partial charge on any atom is 0.253 e. The fourth-order valence-electron chi connectivity index (χ4n) is 5.14. The number of pyridine rings is 2. The molecule has 0 bridgehead atoms. The molecule has 0 spiro atoms. The van der Waals surface area contributed by atoms with Crippen LogP contribution in [0.2, 0.25) is 0 Å². The molecule has 1 amide bonds. The Labute approximate surface area is 206 Å². The number of hydrogen-bond donors (Lipinski definition) is 1. The molecule has 2 saturated heterocycles. The fourth-order valence-corrected chi connectivity index (χ4v) is 5.14. The number of fused-ring (bicyclic) bond motifs is 1. The van der Waals surface area contributed by atoms with Crippen molar-refractivity contribution in [2.24, 2.45) is 0 Å². The number of benzene rings is 1. The van der Waals surface area contributed by atoms with Crippen molar-refractivity contribution in [3.8, 4) is 5.75 Å². The van der Waals surface area contributed by atoms with Gasteiger partial charge in [0.1, 0.15) is 23.5 Å². The van der Waals surface area contributed by atoms with Crippen LogP contribution in [-0.2, 0) is 0 Å². The Kier molecular flexibility index (Phi) is 6.83. The zero-order valence-corrected chi connectivity index (χ0v) is 20.3. The third-order valence-electron chi connectivity index (χ3n) is 7.00. The van der Waals surface area contributed by atoms with Gasteiger partial charge in [0.05, 0.1) is 17.7 Å². The smallest absolute Gasteiger partial charge is 0.253 e. The molecule has 35 heavy (non-hydrogen) atoms. The lowest BCUT2D eigenvalue weighted by atomic mass is 10.0. The van der Waals surface area contributed by atoms with E-state index in [1.54, 1.807) is 36.5 Å². The Balaban J connectivity index is 1.17. The molecular weight excluding hydrogens is 442 g/mol. The Morgan fingerprint density at radius 3 is 2.69 bits per heavy atom. The number of aromatic nitrogens is 2. The van der Waals surface area contributed by atoms with E-state index in [-0.39, 0.29) is 12.5 Å². The van der Waals surface area contributed by atoms with Gasteiger partial charge in [0.25, 0.3) is 5.91 Å². The highest BCUT2D eigenvalue weighted by molar-refractivity contribution is 5.94. The summed E-state index contributed by atoms with van der Waals surface area (Å²) >= 11 is 0. The van der Waals surface area contributed by atoms with Gasteiger partial charge in [-0.05, 0) is 74.8 Å². The minimum atomic E-state index is -0.993. The molecule has 0 aliphatic carbocycles. The zero-order valence-electron chi connectivity index (χ0n) is 20.3. The normalized spacial score (nSPS) is 20.5. The van der Waals surface area contributed by atoms with E-state index in [4.69, 9.17) is 4.74 Å². The summed E-state index contributed by atoms with van der Waals surface area (Å²) < 4.78 is 5.85. The molecule has 0 radical (unpaired) electrons. The summed E-state index contributed by atoms with van der Waals surface area (Å²) in [4.78, 5) is 28.0. The third-order valence-corrected chi connectivity index (χ3v) is 7.00. The highest BCUT2D eigenvalue weighted by Crippen LogP contribution is 2.31. The quantitative estimate of drug-likeness (QED) is 0.537. The second-order valence-electron chi connectivity index (χ2n) is 9.68. The molecule has 1 N–H and O–H groups in total. The van der Waals surface area contributed by atoms with E-state index in [0.717, 1.165) is 42.1 Å². The van der Waals surface area contributed by atoms with Crippen LogP contribution < -0.4 is 9.64 Å². The number of carbonyl (C=O) groups excluding carboxylic acids is 1. The summed E-state index contributed by atoms with van der Waals surface area (Å²) in [6.07, 6.45) is 6.65. The van der Waals surface area contributed by atoms with Gasteiger partial charge in [-0.2, -0.15) is 0 Å². The highest BCUT2D eigenvalue weighted by atomic mass is 16.5. The van der Waals surface area contributed by atoms with Crippen molar-refractivity contribution in [3.05, 3.63) is 60.4 Å². The number of hydrogen-bond acceptors (Lipinski definition) is 7. The first-order valence-electron chi connectivity index (χ1n) is 12.4. The molecule has 5 rings (SSSR count). The van der Waals surface area contributed by atoms with Crippen LogP contribution in [0.5, 0.6) is 5.75 Å². The molecule has 4 heterocycles. The van der Waals surface area contributed by atoms with E-state index in [2.05, 4.69) is 19.8 Å². The van der Waals surface area contributed by atoms with Crippen LogP contribution in [0.25, 0.3) is 11.0 Å². The topological polar surface area (TPSA) is 82.0 Å². The minimum absolute atomic E-state index is 0.114. The summed E-state index contributed by atoms with van der Waals surface area (Å²) in [5.74, 6) is 0.656. The van der Waals surface area contributed by atoms with Crippen LogP contribution in [-0.4, -0.2) is 89.3 Å². The second-order valence-corrected chi connectivity index (χ2v) is 9.68. The van der Waals surface area contributed by atoms with E-state index in [0.29, 0.717) is 31.7 Å². The lowest BCUT2D eigenvalue weighted by Crippen LogP contribution is -2.45. The molecule has 2 fully saturated rings. The van der Waals surface area contributed by atoms with E-state index < -0.39 is 5.60 Å². The number of likely N-dealkylation sites (tertiary alicyclic amines) is 1. The Morgan fingerprint density at radius 2 is 1.89 bits per heavy atom. The van der Waals surface area contributed by atoms with Gasteiger partial charge in [0.15, 0.2) is 0 Å². The van der Waals surface area contributed by atoms with Gasteiger partial charge in [-0.25, -0.2) is 0 Å². The van der Waals surface area contributed by atoms with Crippen molar-refractivity contribution in [2.75, 3.05) is 57.8 Å². The molecule has 2 aliphatic rings. The van der Waals surface area contributed by atoms with Gasteiger partial charge >= 0.3 is 0 Å². The molecule has 3 aromatic rings. The lowest BCUT2D eigenvalue weighted by molar-refractivity contribution is 0.0264. The Morgan fingerprint density at radius 1 is 1.09 bits per heavy atom. The van der Waals surface area contributed by atoms with Gasteiger partial charge < -0.3 is 19.6 Å². The van der Waals surface area contributed by atoms with Crippen LogP contribution in [0.3, 0.4) is 0 Å². The number of β-amino-alcohol motifs (C(OH)–C–C–N with tert-alkyl or cyclic N) is 1. The Bertz CT molecular complexity index is 1160. The number of nitrogens with zero attached hydrogens (tertiary/aromatic N) is 5. The molecular formula is C27H33N5O3. The first-order chi connectivity index (χ1) is 17.0. The lowest BCUT2D eigenvalue weighted by Gasteiger charge is -2.29. The average Bonchev–Trinajstić information content (AvgIpc) is 3.53. The molecule has 8 nitrogen and oxygen atoms in total. The number of ether oxygens (including phenoxy) is 1. The standard InChI is InChI=1S/C27H33N5O3/c1-30(26(33)21-6-8-22(9-7-21)35-18-17-31-14-2-3-15-31)19-27(34)11-16-32(20-27)24-10-13-28-23-5-4-12-29-25(23)24/h4-10,12-13,34H,2-3,11,14-20H2,1H3/t27-/m0/s1. The maximum absolute atomic E-state index is 13.0. The van der Waals surface area contributed by atoms with Crippen molar-refractivity contribution >= 4 is 22.6 Å². The first-order valence-corrected chi connectivity index (χ1v) is 12.4. The molecule has 0 unspecified atom stereocenters. The van der Waals surface area contributed by atoms with Crippen LogP contribution in [0.1, 0.15) is 29.6 Å². The molecule has 8 heteroatoms. The van der Waals surface area contributed by atoms with Gasteiger partial charge in [-0.15, -0.1) is 0 Å². The fraction of sp³-hybridized carbons (Fsp3) is 0.444. The predicted molar refractivity (Wildman–Crippen MR) is 136 cm³/mol. The van der Waals surface area contributed by atoms with E-state index in [1.807, 2.05) is 30.3 Å². The number of amides is 1. The molecule has 1 aromatic carbocycles. The van der Waals surface area contributed by atoms with Crippen LogP contribution in [0, 0.1) is 0 Å². The summed E-state index contributed by atoms with van der Waals surface area (Å²) in [5.41, 5.74) is 2.21. The third kappa shape index (κ3) is 5.39. The van der Waals surface area contributed by atoms with Gasteiger partial charge in [0.2, 0.25) is 0 Å². The first kappa shape index (κ1) is 23.5. The molecule has 1 atom stereocenters. The van der Waals surface area contributed by atoms with Crippen molar-refractivity contribution in [1.29, 1.82) is 0 Å². The number of likely N-dealkylation sites (N-methyl/N-ethyl adjacent to an activating group) is 1. The SMILES string of the molecule is CN(C[C@@]1(O)CCN(c2ccnc3cccnc23)C1)C(=O)c1ccc(OCCN2CCCC2)cc1. The van der Waals surface area contributed by atoms with Crippen LogP contribution >= 0.6 is 0 Å². The van der Waals surface area contributed by atoms with Crippen molar-refractivity contribution < 1.29 is 14.6 Å². The average molecular weight is 476 g/mol. The zero-order chi connectivity index (χ0) is 24.3. The van der Waals surface area contributed by atoms with Gasteiger partial charge in [-0.1, -0.05) is 0 Å². The molecule has 184 valence electrons. The minimum Gasteiger partial charge on any atom is -0.492 e. The van der Waals surface area contributed by atoms with E-state index in [9.17, 15) is 9.90 Å². The predicted octanol–water partition coefficient (Wildman–Crippen LogP) is 2.82. The molecule has 2 aliphatic heterocycles. The summed E-state index contributed by atoms with van der Waals surface area (Å²) in [6, 6.07) is 13.0. The van der Waals surface area contributed by atoms with Gasteiger partial charge in [0, 0.05) is 44.6 Å². The maximum atomic E-state index is 13.0. The van der Waals surface area contributed by atoms with Crippen molar-refractivity contribution in [2.45, 2.75) is 24.9 Å². The monoisotopic (exact) mass is 475 g/mol. The second kappa shape index (κ2) is 10.2. The summed E-state index contributed by atoms with van der Waals surface area (Å²) in [7, 11) is 1.74. The number of rotatable bonds is 8. The molecule has 0 saturated carbocycles. The number of carbonyl (C=O) groups is 1. The van der Waals surface area contributed by atoms with Crippen molar-refractivity contribution in [1.82, 2.24) is 19.8 Å². The van der Waals surface area contributed by atoms with Crippen molar-refractivity contribution in [3.63, 3.8) is 0 Å². The summed E-state index contributed by atoms with van der Waals surface area (Å²) in [6.45, 7) is 5.28. The van der Waals surface area contributed by atoms with Crippen LogP contribution in [0.15, 0.2) is 54.9 Å². The number of anilines is 1. The van der Waals surface area contributed by atoms with Gasteiger partial charge in [-0.3, -0.25) is 19.7 Å². The summed E-state index contributed by atoms with van der Waals surface area (Å²) in [5, 5.41) is 11.3. The Hall–Kier alpha value is -3.23. The molecule has 2 aromatic heterocycles. The van der Waals surface area contributed by atoms with E-state index in [1.165, 1.54) is 12.8 Å². The highest BCUT2D eigenvalue weighted by Gasteiger charge is 2.38.